The number of nitrogens with zero attached hydrogens (tertiary/aromatic N) is 4. The quantitative estimate of drug-likeness (QED) is 0.427. The smallest absolute Gasteiger partial charge is 0.340 e. The van der Waals surface area contributed by atoms with Crippen molar-refractivity contribution in [2.24, 2.45) is 5.10 Å². The molecule has 2 heterocycles. The highest BCUT2D eigenvalue weighted by molar-refractivity contribution is 7.99. The van der Waals surface area contributed by atoms with Crippen molar-refractivity contribution in [1.82, 2.24) is 14.9 Å². The van der Waals surface area contributed by atoms with Gasteiger partial charge in [0.1, 0.15) is 5.75 Å². The van der Waals surface area contributed by atoms with Crippen LogP contribution in [0.3, 0.4) is 0 Å². The molecular formula is C23H22N4O3S. The highest BCUT2D eigenvalue weighted by Gasteiger charge is 2.25. The van der Waals surface area contributed by atoms with E-state index in [2.05, 4.69) is 10.2 Å². The molecule has 0 aliphatic carbocycles. The fraction of sp³-hybridized carbons (Fsp3) is 0.217. The zero-order valence-electron chi connectivity index (χ0n) is 17.5. The van der Waals surface area contributed by atoms with Gasteiger partial charge in [0, 0.05) is 11.3 Å². The van der Waals surface area contributed by atoms with Crippen LogP contribution in [0.4, 0.5) is 0 Å². The Kier molecular flexibility index (Phi) is 6.18. The fourth-order valence-electron chi connectivity index (χ4n) is 3.18. The van der Waals surface area contributed by atoms with E-state index in [4.69, 9.17) is 14.6 Å². The highest BCUT2D eigenvalue weighted by atomic mass is 32.2. The molecule has 0 spiro atoms. The number of thioether (sulfide) groups is 1. The fourth-order valence-corrected chi connectivity index (χ4v) is 4.00. The molecule has 0 bridgehead atoms. The molecule has 3 aromatic rings. The highest BCUT2D eigenvalue weighted by Crippen LogP contribution is 2.30. The average molecular weight is 435 g/mol. The maximum Gasteiger partial charge on any atom is 0.340 e. The van der Waals surface area contributed by atoms with Gasteiger partial charge in [-0.15, -0.1) is 10.2 Å². The third-order valence-corrected chi connectivity index (χ3v) is 5.61. The van der Waals surface area contributed by atoms with Gasteiger partial charge in [-0.25, -0.2) is 4.79 Å². The van der Waals surface area contributed by atoms with Gasteiger partial charge in [-0.1, -0.05) is 41.6 Å². The average Bonchev–Trinajstić information content (AvgIpc) is 3.21. The maximum atomic E-state index is 12.8. The molecule has 1 aliphatic rings. The lowest BCUT2D eigenvalue weighted by Gasteiger charge is -2.16. The molecule has 0 N–H and O–H groups in total. The lowest BCUT2D eigenvalue weighted by molar-refractivity contribution is -0.137. The number of hydrogen-bond acceptors (Lipinski definition) is 7. The summed E-state index contributed by atoms with van der Waals surface area (Å²) in [4.78, 5) is 12.8. The second-order valence-electron chi connectivity index (χ2n) is 6.87. The van der Waals surface area contributed by atoms with E-state index >= 15 is 0 Å². The molecule has 7 nitrogen and oxygen atoms in total. The van der Waals surface area contributed by atoms with Crippen molar-refractivity contribution >= 4 is 29.5 Å². The van der Waals surface area contributed by atoms with Gasteiger partial charge in [-0.2, -0.15) is 9.78 Å². The van der Waals surface area contributed by atoms with Crippen LogP contribution >= 0.6 is 11.8 Å². The minimum atomic E-state index is -0.397. The molecule has 0 amide bonds. The van der Waals surface area contributed by atoms with Gasteiger partial charge in [-0.05, 0) is 49.8 Å². The Labute approximate surface area is 184 Å². The number of aromatic nitrogens is 3. The van der Waals surface area contributed by atoms with Gasteiger partial charge in [0.2, 0.25) is 5.16 Å². The third-order valence-electron chi connectivity index (χ3n) is 4.68. The molecule has 1 aromatic heterocycles. The van der Waals surface area contributed by atoms with Crippen molar-refractivity contribution in [2.45, 2.75) is 19.0 Å². The van der Waals surface area contributed by atoms with Crippen molar-refractivity contribution in [1.29, 1.82) is 0 Å². The van der Waals surface area contributed by atoms with Crippen LogP contribution in [0, 0.1) is 6.92 Å². The van der Waals surface area contributed by atoms with Gasteiger partial charge in [0.25, 0.3) is 0 Å². The summed E-state index contributed by atoms with van der Waals surface area (Å²) in [6.07, 6.45) is 1.83. The molecule has 0 atom stereocenters. The van der Waals surface area contributed by atoms with E-state index in [0.717, 1.165) is 22.4 Å². The van der Waals surface area contributed by atoms with E-state index in [1.807, 2.05) is 61.5 Å². The van der Waals surface area contributed by atoms with Crippen molar-refractivity contribution in [2.75, 3.05) is 19.5 Å². The Balaban J connectivity index is 1.76. The van der Waals surface area contributed by atoms with Crippen LogP contribution < -0.4 is 4.74 Å². The van der Waals surface area contributed by atoms with Gasteiger partial charge in [-0.3, -0.25) is 0 Å². The number of ether oxygens (including phenoxy) is 2. The van der Waals surface area contributed by atoms with E-state index in [1.165, 1.54) is 11.8 Å². The van der Waals surface area contributed by atoms with Crippen LogP contribution in [0.1, 0.15) is 18.1 Å². The van der Waals surface area contributed by atoms with Crippen LogP contribution in [0.5, 0.6) is 5.75 Å². The first-order chi connectivity index (χ1) is 15.1. The molecule has 31 heavy (non-hydrogen) atoms. The molecule has 4 rings (SSSR count). The minimum Gasteiger partial charge on any atom is -0.497 e. The summed E-state index contributed by atoms with van der Waals surface area (Å²) < 4.78 is 12.2. The van der Waals surface area contributed by atoms with E-state index in [9.17, 15) is 4.79 Å². The molecule has 0 saturated carbocycles. The predicted molar refractivity (Wildman–Crippen MR) is 121 cm³/mol. The van der Waals surface area contributed by atoms with Crippen LogP contribution in [0.25, 0.3) is 17.5 Å². The SMILES string of the molecule is CCOC(=O)C(=Cc1cccc(C)c1)C1=Nn2c(nnc2-c2ccc(OC)cc2)SC1. The standard InChI is InChI=1S/C23H22N4O3S/c1-4-30-22(28)19(13-16-7-5-6-15(2)12-16)20-14-31-23-25-24-21(27(23)26-20)17-8-10-18(29-3)11-9-17/h5-13H,4,14H2,1-3H3. The monoisotopic (exact) mass is 434 g/mol. The second kappa shape index (κ2) is 9.18. The Morgan fingerprint density at radius 1 is 1.19 bits per heavy atom. The number of rotatable bonds is 6. The number of carbonyl (C=O) groups excluding carboxylic acids is 1. The summed E-state index contributed by atoms with van der Waals surface area (Å²) >= 11 is 1.48. The molecule has 8 heteroatoms. The lowest BCUT2D eigenvalue weighted by atomic mass is 10.1. The van der Waals surface area contributed by atoms with Gasteiger partial charge < -0.3 is 9.47 Å². The summed E-state index contributed by atoms with van der Waals surface area (Å²) in [5.41, 5.74) is 3.93. The molecule has 0 fully saturated rings. The summed E-state index contributed by atoms with van der Waals surface area (Å²) in [6.45, 7) is 4.10. The normalized spacial score (nSPS) is 13.4. The van der Waals surface area contributed by atoms with Crippen molar-refractivity contribution in [3.8, 4) is 17.1 Å². The summed E-state index contributed by atoms with van der Waals surface area (Å²) in [6, 6.07) is 15.5. The van der Waals surface area contributed by atoms with Gasteiger partial charge in [0.05, 0.1) is 25.0 Å². The zero-order chi connectivity index (χ0) is 21.8. The number of benzene rings is 2. The molecule has 1 aliphatic heterocycles. The molecule has 2 aromatic carbocycles. The van der Waals surface area contributed by atoms with Crippen molar-refractivity contribution in [3.63, 3.8) is 0 Å². The number of aryl methyl sites for hydroxylation is 1. The second-order valence-corrected chi connectivity index (χ2v) is 7.82. The molecule has 0 radical (unpaired) electrons. The molecular weight excluding hydrogens is 412 g/mol. The van der Waals surface area contributed by atoms with E-state index in [0.29, 0.717) is 34.6 Å². The molecule has 0 saturated heterocycles. The van der Waals surface area contributed by atoms with Crippen LogP contribution in [0.15, 0.2) is 64.4 Å². The third kappa shape index (κ3) is 4.54. The van der Waals surface area contributed by atoms with Crippen LogP contribution in [-0.4, -0.2) is 46.0 Å². The number of methoxy groups -OCH3 is 1. The predicted octanol–water partition coefficient (Wildman–Crippen LogP) is 4.22. The largest absolute Gasteiger partial charge is 0.497 e. The first-order valence-electron chi connectivity index (χ1n) is 9.85. The summed E-state index contributed by atoms with van der Waals surface area (Å²) in [7, 11) is 1.62. The van der Waals surface area contributed by atoms with E-state index in [-0.39, 0.29) is 0 Å². The molecule has 158 valence electrons. The van der Waals surface area contributed by atoms with Gasteiger partial charge in [0.15, 0.2) is 5.82 Å². The number of hydrogen-bond donors (Lipinski definition) is 0. The van der Waals surface area contributed by atoms with Crippen LogP contribution in [0.2, 0.25) is 0 Å². The summed E-state index contributed by atoms with van der Waals surface area (Å²) in [5.74, 6) is 1.45. The first-order valence-corrected chi connectivity index (χ1v) is 10.8. The Morgan fingerprint density at radius 3 is 2.71 bits per heavy atom. The Morgan fingerprint density at radius 2 is 2.00 bits per heavy atom. The van der Waals surface area contributed by atoms with E-state index in [1.54, 1.807) is 18.7 Å². The first kappa shape index (κ1) is 20.9. The van der Waals surface area contributed by atoms with Crippen molar-refractivity contribution < 1.29 is 14.3 Å². The zero-order valence-corrected chi connectivity index (χ0v) is 18.3. The summed E-state index contributed by atoms with van der Waals surface area (Å²) in [5, 5.41) is 14.0. The van der Waals surface area contributed by atoms with E-state index < -0.39 is 5.97 Å². The topological polar surface area (TPSA) is 78.6 Å². The minimum absolute atomic E-state index is 0.291. The number of carbonyl (C=O) groups is 1. The lowest BCUT2D eigenvalue weighted by Crippen LogP contribution is -2.21. The Bertz CT molecular complexity index is 1170. The number of esters is 1. The molecule has 0 unspecified atom stereocenters. The number of fused-ring (bicyclic) bond motifs is 1. The Hall–Kier alpha value is -3.39. The van der Waals surface area contributed by atoms with Crippen molar-refractivity contribution in [3.05, 3.63) is 65.2 Å². The maximum absolute atomic E-state index is 12.8. The van der Waals surface area contributed by atoms with Crippen LogP contribution in [-0.2, 0) is 9.53 Å². The van der Waals surface area contributed by atoms with Gasteiger partial charge >= 0.3 is 5.97 Å².